The van der Waals surface area contributed by atoms with Crippen LogP contribution in [-0.4, -0.2) is 19.6 Å². The highest BCUT2D eigenvalue weighted by Crippen LogP contribution is 2.37. The zero-order valence-electron chi connectivity index (χ0n) is 15.9. The number of ether oxygens (including phenoxy) is 2. The van der Waals surface area contributed by atoms with Crippen LogP contribution in [0.1, 0.15) is 29.0 Å². The predicted octanol–water partition coefficient (Wildman–Crippen LogP) is 4.87. The molecule has 1 atom stereocenters. The molecule has 5 heteroatoms. The van der Waals surface area contributed by atoms with Gasteiger partial charge in [-0.15, -0.1) is 0 Å². The van der Waals surface area contributed by atoms with Crippen molar-refractivity contribution in [2.24, 2.45) is 0 Å². The number of hydrogen-bond acceptors (Lipinski definition) is 4. The Morgan fingerprint density at radius 3 is 2.50 bits per heavy atom. The van der Waals surface area contributed by atoms with E-state index < -0.39 is 0 Å². The smallest absolute Gasteiger partial charge is 0.262 e. The summed E-state index contributed by atoms with van der Waals surface area (Å²) in [5, 5.41) is 3.50. The van der Waals surface area contributed by atoms with E-state index in [1.54, 1.807) is 12.0 Å². The van der Waals surface area contributed by atoms with Crippen LogP contribution in [0.3, 0.4) is 0 Å². The zero-order chi connectivity index (χ0) is 19.5. The maximum absolute atomic E-state index is 13.4. The van der Waals surface area contributed by atoms with Crippen molar-refractivity contribution < 1.29 is 14.3 Å². The monoisotopic (exact) mass is 374 g/mol. The third-order valence-electron chi connectivity index (χ3n) is 4.77. The first-order valence-corrected chi connectivity index (χ1v) is 9.27. The predicted molar refractivity (Wildman–Crippen MR) is 110 cm³/mol. The number of carbonyl (C=O) groups is 1. The molecule has 0 aliphatic carbocycles. The quantitative estimate of drug-likeness (QED) is 0.693. The number of para-hydroxylation sites is 1. The maximum atomic E-state index is 13.4. The summed E-state index contributed by atoms with van der Waals surface area (Å²) in [5.74, 6) is 1.46. The number of rotatable bonds is 5. The lowest BCUT2D eigenvalue weighted by molar-refractivity contribution is 0.0975. The average Bonchev–Trinajstić information content (AvgIpc) is 2.74. The van der Waals surface area contributed by atoms with Gasteiger partial charge in [0.25, 0.3) is 5.91 Å². The summed E-state index contributed by atoms with van der Waals surface area (Å²) in [6.45, 7) is 2.51. The number of anilines is 2. The van der Waals surface area contributed by atoms with Crippen LogP contribution in [0.5, 0.6) is 11.5 Å². The van der Waals surface area contributed by atoms with Crippen molar-refractivity contribution in [3.63, 3.8) is 0 Å². The van der Waals surface area contributed by atoms with Gasteiger partial charge in [0.1, 0.15) is 17.7 Å². The standard InChI is InChI=1S/C23H22N2O3/c1-3-28-19-8-6-7-17(15-19)25-22(16-11-13-18(27-2)14-12-16)24-21-10-5-4-9-20(21)23(25)26/h4-15,22,24H,3H2,1-2H3. The van der Waals surface area contributed by atoms with Crippen molar-refractivity contribution in [3.05, 3.63) is 83.9 Å². The third kappa shape index (κ3) is 3.27. The summed E-state index contributed by atoms with van der Waals surface area (Å²) in [6, 6.07) is 22.9. The van der Waals surface area contributed by atoms with Gasteiger partial charge < -0.3 is 14.8 Å². The molecule has 5 nitrogen and oxygen atoms in total. The van der Waals surface area contributed by atoms with Gasteiger partial charge in [0.2, 0.25) is 0 Å². The van der Waals surface area contributed by atoms with E-state index in [0.29, 0.717) is 12.2 Å². The van der Waals surface area contributed by atoms with Gasteiger partial charge in [-0.2, -0.15) is 0 Å². The number of fused-ring (bicyclic) bond motifs is 1. The second-order valence-electron chi connectivity index (χ2n) is 6.47. The molecule has 0 saturated carbocycles. The fourth-order valence-electron chi connectivity index (χ4n) is 3.43. The average molecular weight is 374 g/mol. The normalized spacial score (nSPS) is 15.6. The van der Waals surface area contributed by atoms with E-state index in [1.165, 1.54) is 0 Å². The second kappa shape index (κ2) is 7.64. The van der Waals surface area contributed by atoms with Crippen LogP contribution in [0.25, 0.3) is 0 Å². The van der Waals surface area contributed by atoms with Gasteiger partial charge in [-0.05, 0) is 48.9 Å². The van der Waals surface area contributed by atoms with Crippen molar-refractivity contribution >= 4 is 17.3 Å². The highest BCUT2D eigenvalue weighted by atomic mass is 16.5. The van der Waals surface area contributed by atoms with Crippen LogP contribution in [-0.2, 0) is 0 Å². The molecule has 0 aromatic heterocycles. The van der Waals surface area contributed by atoms with Gasteiger partial charge in [-0.1, -0.05) is 30.3 Å². The number of benzene rings is 3. The minimum Gasteiger partial charge on any atom is -0.497 e. The summed E-state index contributed by atoms with van der Waals surface area (Å²) in [7, 11) is 1.64. The molecule has 1 N–H and O–H groups in total. The minimum absolute atomic E-state index is 0.0520. The fraction of sp³-hybridized carbons (Fsp3) is 0.174. The molecule has 3 aromatic carbocycles. The molecule has 0 fully saturated rings. The molecule has 1 unspecified atom stereocenters. The number of hydrogen-bond donors (Lipinski definition) is 1. The van der Waals surface area contributed by atoms with Crippen LogP contribution in [0.15, 0.2) is 72.8 Å². The molecule has 1 aliphatic heterocycles. The largest absolute Gasteiger partial charge is 0.497 e. The van der Waals surface area contributed by atoms with Crippen LogP contribution >= 0.6 is 0 Å². The molecule has 1 aliphatic rings. The molecule has 0 spiro atoms. The van der Waals surface area contributed by atoms with Crippen LogP contribution < -0.4 is 19.7 Å². The third-order valence-corrected chi connectivity index (χ3v) is 4.77. The molecule has 142 valence electrons. The fourth-order valence-corrected chi connectivity index (χ4v) is 3.43. The number of nitrogens with zero attached hydrogens (tertiary/aromatic N) is 1. The van der Waals surface area contributed by atoms with E-state index in [0.717, 1.165) is 28.4 Å². The first-order chi connectivity index (χ1) is 13.7. The van der Waals surface area contributed by atoms with Crippen LogP contribution in [0.2, 0.25) is 0 Å². The number of methoxy groups -OCH3 is 1. The van der Waals surface area contributed by atoms with E-state index in [1.807, 2.05) is 79.7 Å². The van der Waals surface area contributed by atoms with Crippen molar-refractivity contribution in [2.75, 3.05) is 23.9 Å². The van der Waals surface area contributed by atoms with Crippen molar-refractivity contribution in [3.8, 4) is 11.5 Å². The van der Waals surface area contributed by atoms with Gasteiger partial charge in [0, 0.05) is 11.8 Å². The Kier molecular flexibility index (Phi) is 4.89. The molecule has 1 heterocycles. The Morgan fingerprint density at radius 1 is 0.964 bits per heavy atom. The van der Waals surface area contributed by atoms with E-state index in [2.05, 4.69) is 5.32 Å². The zero-order valence-corrected chi connectivity index (χ0v) is 15.9. The molecule has 4 rings (SSSR count). The molecule has 3 aromatic rings. The Morgan fingerprint density at radius 2 is 1.75 bits per heavy atom. The number of amides is 1. The van der Waals surface area contributed by atoms with Crippen molar-refractivity contribution in [1.82, 2.24) is 0 Å². The summed E-state index contributed by atoms with van der Waals surface area (Å²) in [6.07, 6.45) is -0.342. The van der Waals surface area contributed by atoms with Gasteiger partial charge in [-0.3, -0.25) is 9.69 Å². The Balaban J connectivity index is 1.81. The van der Waals surface area contributed by atoms with Gasteiger partial charge >= 0.3 is 0 Å². The molecule has 0 saturated heterocycles. The minimum atomic E-state index is -0.342. The lowest BCUT2D eigenvalue weighted by Gasteiger charge is -2.38. The summed E-state index contributed by atoms with van der Waals surface area (Å²) in [5.41, 5.74) is 3.21. The van der Waals surface area contributed by atoms with Crippen LogP contribution in [0, 0.1) is 0 Å². The van der Waals surface area contributed by atoms with Gasteiger partial charge in [0.15, 0.2) is 0 Å². The first-order valence-electron chi connectivity index (χ1n) is 9.27. The SMILES string of the molecule is CCOc1cccc(N2C(=O)c3ccccc3NC2c2ccc(OC)cc2)c1. The maximum Gasteiger partial charge on any atom is 0.262 e. The lowest BCUT2D eigenvalue weighted by Crippen LogP contribution is -2.43. The number of carbonyl (C=O) groups excluding carboxylic acids is 1. The highest BCUT2D eigenvalue weighted by Gasteiger charge is 2.34. The van der Waals surface area contributed by atoms with E-state index in [9.17, 15) is 4.79 Å². The second-order valence-corrected chi connectivity index (χ2v) is 6.47. The molecular weight excluding hydrogens is 352 g/mol. The molecule has 28 heavy (non-hydrogen) atoms. The first kappa shape index (κ1) is 17.9. The van der Waals surface area contributed by atoms with E-state index in [-0.39, 0.29) is 12.1 Å². The Hall–Kier alpha value is -3.47. The topological polar surface area (TPSA) is 50.8 Å². The van der Waals surface area contributed by atoms with Crippen molar-refractivity contribution in [2.45, 2.75) is 13.1 Å². The van der Waals surface area contributed by atoms with E-state index in [4.69, 9.17) is 9.47 Å². The number of nitrogens with one attached hydrogen (secondary N) is 1. The summed E-state index contributed by atoms with van der Waals surface area (Å²) >= 11 is 0. The molecule has 1 amide bonds. The van der Waals surface area contributed by atoms with Crippen molar-refractivity contribution in [1.29, 1.82) is 0 Å². The summed E-state index contributed by atoms with van der Waals surface area (Å²) in [4.78, 5) is 15.2. The van der Waals surface area contributed by atoms with Crippen LogP contribution in [0.4, 0.5) is 11.4 Å². The lowest BCUT2D eigenvalue weighted by atomic mass is 10.0. The highest BCUT2D eigenvalue weighted by molar-refractivity contribution is 6.12. The van der Waals surface area contributed by atoms with E-state index >= 15 is 0 Å². The van der Waals surface area contributed by atoms with Gasteiger partial charge in [-0.25, -0.2) is 0 Å². The Bertz CT molecular complexity index is 985. The Labute approximate surface area is 164 Å². The molecule has 0 radical (unpaired) electrons. The molecule has 0 bridgehead atoms. The van der Waals surface area contributed by atoms with Gasteiger partial charge in [0.05, 0.1) is 25.0 Å². The molecular formula is C23H22N2O3. The summed E-state index contributed by atoms with van der Waals surface area (Å²) < 4.78 is 10.9.